The number of fused-ring (bicyclic) bond motifs is 1. The van der Waals surface area contributed by atoms with Crippen LogP contribution in [0.15, 0.2) is 12.3 Å². The number of hydrogen-bond donors (Lipinski definition) is 0. The average Bonchev–Trinajstić information content (AvgIpc) is 2.04. The predicted molar refractivity (Wildman–Crippen MR) is 57.8 cm³/mol. The topological polar surface area (TPSA) is 12.9 Å². The maximum atomic E-state index is 6.14. The Morgan fingerprint density at radius 1 is 1.54 bits per heavy atom. The lowest BCUT2D eigenvalue weighted by Gasteiger charge is -2.19. The number of nitrogens with zero attached hydrogens (tertiary/aromatic N) is 1. The Kier molecular flexibility index (Phi) is 3.57. The Balaban J connectivity index is 0.000000845. The highest BCUT2D eigenvalue weighted by Gasteiger charge is 2.18. The van der Waals surface area contributed by atoms with E-state index >= 15 is 0 Å². The molecule has 1 nitrogen and oxygen atoms in total. The van der Waals surface area contributed by atoms with Gasteiger partial charge in [0.1, 0.15) is 0 Å². The number of alkyl halides is 1. The van der Waals surface area contributed by atoms with Crippen molar-refractivity contribution >= 4 is 24.0 Å². The van der Waals surface area contributed by atoms with Gasteiger partial charge in [-0.15, -0.1) is 24.0 Å². The minimum Gasteiger partial charge on any atom is -0.259 e. The molecular formula is C10H13Cl2N. The summed E-state index contributed by atoms with van der Waals surface area (Å²) in [6.45, 7) is 2.07. The smallest absolute Gasteiger partial charge is 0.0760 e. The summed E-state index contributed by atoms with van der Waals surface area (Å²) in [5.41, 5.74) is 3.69. The van der Waals surface area contributed by atoms with Gasteiger partial charge >= 0.3 is 0 Å². The van der Waals surface area contributed by atoms with Crippen LogP contribution in [0.5, 0.6) is 0 Å². The van der Waals surface area contributed by atoms with E-state index in [2.05, 4.69) is 18.0 Å². The number of hydrogen-bond acceptors (Lipinski definition) is 1. The molecule has 1 atom stereocenters. The molecule has 0 amide bonds. The molecule has 1 aromatic rings. The summed E-state index contributed by atoms with van der Waals surface area (Å²) in [6, 6.07) is 2.21. The molecule has 72 valence electrons. The maximum Gasteiger partial charge on any atom is 0.0760 e. The monoisotopic (exact) mass is 217 g/mol. The van der Waals surface area contributed by atoms with Gasteiger partial charge in [0, 0.05) is 6.20 Å². The lowest BCUT2D eigenvalue weighted by Crippen LogP contribution is -2.07. The van der Waals surface area contributed by atoms with E-state index in [0.717, 1.165) is 18.5 Å². The van der Waals surface area contributed by atoms with Crippen LogP contribution in [0.3, 0.4) is 0 Å². The molecule has 0 spiro atoms. The summed E-state index contributed by atoms with van der Waals surface area (Å²) in [7, 11) is 0. The number of aryl methyl sites for hydroxylation is 2. The molecule has 0 saturated heterocycles. The van der Waals surface area contributed by atoms with Gasteiger partial charge in [-0.25, -0.2) is 0 Å². The second-order valence-electron chi connectivity index (χ2n) is 3.42. The van der Waals surface area contributed by atoms with Crippen LogP contribution in [0, 0.1) is 6.92 Å². The molecule has 1 aliphatic rings. The average molecular weight is 218 g/mol. The van der Waals surface area contributed by atoms with E-state index in [4.69, 9.17) is 11.6 Å². The Hall–Kier alpha value is -0.270. The molecule has 0 N–H and O–H groups in total. The number of aromatic nitrogens is 1. The third-order valence-corrected chi connectivity index (χ3v) is 2.76. The van der Waals surface area contributed by atoms with Crippen LogP contribution < -0.4 is 0 Å². The fraction of sp³-hybridized carbons (Fsp3) is 0.500. The van der Waals surface area contributed by atoms with Crippen molar-refractivity contribution in [2.75, 3.05) is 0 Å². The zero-order valence-corrected chi connectivity index (χ0v) is 9.16. The van der Waals surface area contributed by atoms with Crippen molar-refractivity contribution in [3.63, 3.8) is 0 Å². The van der Waals surface area contributed by atoms with Gasteiger partial charge in [-0.05, 0) is 37.3 Å². The van der Waals surface area contributed by atoms with Crippen molar-refractivity contribution in [2.24, 2.45) is 0 Å². The highest BCUT2D eigenvalue weighted by Crippen LogP contribution is 2.32. The largest absolute Gasteiger partial charge is 0.259 e. The zero-order chi connectivity index (χ0) is 8.55. The van der Waals surface area contributed by atoms with E-state index in [9.17, 15) is 0 Å². The molecule has 1 unspecified atom stereocenters. The Morgan fingerprint density at radius 3 is 3.08 bits per heavy atom. The first-order valence-electron chi connectivity index (χ1n) is 4.37. The number of pyridine rings is 1. The summed E-state index contributed by atoms with van der Waals surface area (Å²) in [4.78, 5) is 4.37. The van der Waals surface area contributed by atoms with Crippen molar-refractivity contribution in [1.82, 2.24) is 4.98 Å². The van der Waals surface area contributed by atoms with E-state index < -0.39 is 0 Å². The minimum absolute atomic E-state index is 0. The molecule has 0 saturated carbocycles. The summed E-state index contributed by atoms with van der Waals surface area (Å²) in [5.74, 6) is 0. The number of halogens is 2. The van der Waals surface area contributed by atoms with E-state index in [1.165, 1.54) is 17.5 Å². The van der Waals surface area contributed by atoms with Gasteiger partial charge in [0.15, 0.2) is 0 Å². The first kappa shape index (κ1) is 10.8. The third-order valence-electron chi connectivity index (χ3n) is 2.34. The van der Waals surface area contributed by atoms with Crippen molar-refractivity contribution < 1.29 is 0 Å². The fourth-order valence-electron chi connectivity index (χ4n) is 1.73. The molecule has 0 radical (unpaired) electrons. The van der Waals surface area contributed by atoms with Crippen molar-refractivity contribution in [3.8, 4) is 0 Å². The molecule has 0 fully saturated rings. The van der Waals surface area contributed by atoms with E-state index in [0.29, 0.717) is 0 Å². The van der Waals surface area contributed by atoms with Gasteiger partial charge in [-0.1, -0.05) is 6.07 Å². The summed E-state index contributed by atoms with van der Waals surface area (Å²) in [5, 5.41) is 0.148. The lowest BCUT2D eigenvalue weighted by atomic mass is 9.95. The molecule has 0 aliphatic heterocycles. The van der Waals surface area contributed by atoms with Crippen molar-refractivity contribution in [3.05, 3.63) is 29.1 Å². The van der Waals surface area contributed by atoms with Gasteiger partial charge in [-0.3, -0.25) is 4.98 Å². The van der Waals surface area contributed by atoms with Gasteiger partial charge in [0.25, 0.3) is 0 Å². The van der Waals surface area contributed by atoms with Crippen LogP contribution in [0.4, 0.5) is 0 Å². The van der Waals surface area contributed by atoms with E-state index in [-0.39, 0.29) is 17.8 Å². The molecular weight excluding hydrogens is 205 g/mol. The van der Waals surface area contributed by atoms with Crippen LogP contribution in [0.25, 0.3) is 0 Å². The number of rotatable bonds is 0. The Morgan fingerprint density at radius 2 is 2.31 bits per heavy atom. The van der Waals surface area contributed by atoms with Crippen LogP contribution in [-0.4, -0.2) is 4.98 Å². The van der Waals surface area contributed by atoms with Crippen LogP contribution in [0.2, 0.25) is 0 Å². The molecule has 0 bridgehead atoms. The fourth-order valence-corrected chi connectivity index (χ4v) is 2.08. The third kappa shape index (κ3) is 2.15. The highest BCUT2D eigenvalue weighted by molar-refractivity contribution is 6.20. The van der Waals surface area contributed by atoms with E-state index in [1.807, 2.05) is 6.20 Å². The quantitative estimate of drug-likeness (QED) is 0.608. The molecule has 3 heteroatoms. The second kappa shape index (κ2) is 4.30. The first-order valence-corrected chi connectivity index (χ1v) is 4.80. The van der Waals surface area contributed by atoms with Gasteiger partial charge in [-0.2, -0.15) is 0 Å². The molecule has 1 aliphatic carbocycles. The van der Waals surface area contributed by atoms with Gasteiger partial charge in [0.05, 0.1) is 11.1 Å². The summed E-state index contributed by atoms with van der Waals surface area (Å²) < 4.78 is 0. The molecule has 1 heterocycles. The Bertz CT molecular complexity index is 299. The van der Waals surface area contributed by atoms with Crippen LogP contribution >= 0.6 is 24.0 Å². The molecule has 0 aromatic carbocycles. The van der Waals surface area contributed by atoms with Crippen LogP contribution in [0.1, 0.15) is 35.0 Å². The van der Waals surface area contributed by atoms with Gasteiger partial charge < -0.3 is 0 Å². The standard InChI is InChI=1S/C10H12ClN.ClH/c1-7-5-8-3-2-4-9(11)10(8)12-6-7;/h5-6,9H,2-4H2,1H3;1H. The predicted octanol–water partition coefficient (Wildman–Crippen LogP) is 3.43. The normalized spacial score (nSPS) is 20.3. The maximum absolute atomic E-state index is 6.14. The molecule has 1 aromatic heterocycles. The van der Waals surface area contributed by atoms with Crippen molar-refractivity contribution in [2.45, 2.75) is 31.6 Å². The van der Waals surface area contributed by atoms with Crippen LogP contribution in [-0.2, 0) is 6.42 Å². The van der Waals surface area contributed by atoms with Gasteiger partial charge in [0.2, 0.25) is 0 Å². The lowest BCUT2D eigenvalue weighted by molar-refractivity contribution is 0.648. The minimum atomic E-state index is 0. The van der Waals surface area contributed by atoms with Crippen molar-refractivity contribution in [1.29, 1.82) is 0 Å². The summed E-state index contributed by atoms with van der Waals surface area (Å²) >= 11 is 6.14. The molecule has 2 rings (SSSR count). The zero-order valence-electron chi connectivity index (χ0n) is 7.59. The molecule has 13 heavy (non-hydrogen) atoms. The highest BCUT2D eigenvalue weighted by atomic mass is 35.5. The first-order chi connectivity index (χ1) is 5.77. The Labute approximate surface area is 89.9 Å². The second-order valence-corrected chi connectivity index (χ2v) is 3.94. The SMILES string of the molecule is Cc1cnc2c(c1)CCCC2Cl.Cl. The summed E-state index contributed by atoms with van der Waals surface area (Å²) in [6.07, 6.45) is 5.32. The van der Waals surface area contributed by atoms with E-state index in [1.54, 1.807) is 0 Å².